The van der Waals surface area contributed by atoms with Crippen molar-refractivity contribution in [3.63, 3.8) is 0 Å². The maximum atomic E-state index is 3.53. The Morgan fingerprint density at radius 3 is 2.43 bits per heavy atom. The zero-order valence-electron chi connectivity index (χ0n) is 9.60. The lowest BCUT2D eigenvalue weighted by atomic mass is 9.77. The number of rotatable bonds is 2. The van der Waals surface area contributed by atoms with E-state index in [0.29, 0.717) is 0 Å². The van der Waals surface area contributed by atoms with Gasteiger partial charge in [0.25, 0.3) is 0 Å². The van der Waals surface area contributed by atoms with Crippen molar-refractivity contribution in [2.45, 2.75) is 51.9 Å². The van der Waals surface area contributed by atoms with E-state index in [4.69, 9.17) is 0 Å². The van der Waals surface area contributed by atoms with Gasteiger partial charge in [0.15, 0.2) is 0 Å². The topological polar surface area (TPSA) is 12.0 Å². The van der Waals surface area contributed by atoms with Crippen LogP contribution in [0.4, 0.5) is 0 Å². The summed E-state index contributed by atoms with van der Waals surface area (Å²) in [4.78, 5) is 0. The summed E-state index contributed by atoms with van der Waals surface area (Å²) < 4.78 is 0. The summed E-state index contributed by atoms with van der Waals surface area (Å²) >= 11 is 0. The molecular weight excluding hydrogens is 170 g/mol. The van der Waals surface area contributed by atoms with E-state index >= 15 is 0 Å². The van der Waals surface area contributed by atoms with E-state index in [9.17, 15) is 0 Å². The summed E-state index contributed by atoms with van der Waals surface area (Å²) in [5.41, 5.74) is 0. The van der Waals surface area contributed by atoms with Crippen LogP contribution >= 0.6 is 0 Å². The number of nitrogens with one attached hydrogen (secondary N) is 1. The van der Waals surface area contributed by atoms with E-state index in [1.165, 1.54) is 58.0 Å². The van der Waals surface area contributed by atoms with Crippen molar-refractivity contribution in [3.05, 3.63) is 0 Å². The summed E-state index contributed by atoms with van der Waals surface area (Å²) in [7, 11) is 0. The fraction of sp³-hybridized carbons (Fsp3) is 1.00. The Morgan fingerprint density at radius 1 is 1.00 bits per heavy atom. The van der Waals surface area contributed by atoms with Gasteiger partial charge in [-0.2, -0.15) is 0 Å². The standard InChI is InChI=1S/C13H25N/c1-11-4-6-12(7-5-11)9-13-3-2-8-14-10-13/h11-14H,2-10H2,1H3/t11?,12?,13-/m1/s1. The summed E-state index contributed by atoms with van der Waals surface area (Å²) in [6.07, 6.45) is 10.4. The van der Waals surface area contributed by atoms with Crippen molar-refractivity contribution in [3.8, 4) is 0 Å². The number of hydrogen-bond acceptors (Lipinski definition) is 1. The monoisotopic (exact) mass is 195 g/mol. The van der Waals surface area contributed by atoms with Gasteiger partial charge in [-0.25, -0.2) is 0 Å². The van der Waals surface area contributed by atoms with E-state index in [-0.39, 0.29) is 0 Å². The molecule has 0 radical (unpaired) electrons. The van der Waals surface area contributed by atoms with Gasteiger partial charge in [0, 0.05) is 0 Å². The SMILES string of the molecule is CC1CCC(C[C@H]2CCCNC2)CC1. The van der Waals surface area contributed by atoms with Crippen molar-refractivity contribution in [2.75, 3.05) is 13.1 Å². The Kier molecular flexibility index (Phi) is 3.86. The second kappa shape index (κ2) is 5.16. The highest BCUT2D eigenvalue weighted by Gasteiger charge is 2.22. The average molecular weight is 195 g/mol. The highest BCUT2D eigenvalue weighted by atomic mass is 14.9. The van der Waals surface area contributed by atoms with Crippen LogP contribution in [0.5, 0.6) is 0 Å². The van der Waals surface area contributed by atoms with Gasteiger partial charge in [-0.1, -0.05) is 32.6 Å². The second-order valence-corrected chi connectivity index (χ2v) is 5.57. The van der Waals surface area contributed by atoms with Crippen molar-refractivity contribution >= 4 is 0 Å². The van der Waals surface area contributed by atoms with Crippen LogP contribution in [0, 0.1) is 17.8 Å². The summed E-state index contributed by atoms with van der Waals surface area (Å²) in [6.45, 7) is 4.97. The molecule has 0 spiro atoms. The zero-order chi connectivity index (χ0) is 9.80. The van der Waals surface area contributed by atoms with Crippen LogP contribution in [0.3, 0.4) is 0 Å². The minimum atomic E-state index is 1.00. The van der Waals surface area contributed by atoms with Crippen molar-refractivity contribution in [1.29, 1.82) is 0 Å². The van der Waals surface area contributed by atoms with E-state index in [1.54, 1.807) is 0 Å². The lowest BCUT2D eigenvalue weighted by molar-refractivity contribution is 0.225. The Hall–Kier alpha value is -0.0400. The van der Waals surface area contributed by atoms with Crippen molar-refractivity contribution < 1.29 is 0 Å². The Morgan fingerprint density at radius 2 is 1.79 bits per heavy atom. The van der Waals surface area contributed by atoms with Crippen LogP contribution < -0.4 is 5.32 Å². The first-order valence-corrected chi connectivity index (χ1v) is 6.55. The number of hydrogen-bond donors (Lipinski definition) is 1. The van der Waals surface area contributed by atoms with Crippen LogP contribution in [0.25, 0.3) is 0 Å². The Balaban J connectivity index is 1.68. The molecule has 0 aromatic carbocycles. The molecule has 14 heavy (non-hydrogen) atoms. The number of piperidine rings is 1. The molecule has 1 saturated heterocycles. The fourth-order valence-corrected chi connectivity index (χ4v) is 3.16. The first-order chi connectivity index (χ1) is 6.84. The van der Waals surface area contributed by atoms with Crippen LogP contribution in [0.2, 0.25) is 0 Å². The van der Waals surface area contributed by atoms with Gasteiger partial charge in [0.1, 0.15) is 0 Å². The average Bonchev–Trinajstić information content (AvgIpc) is 2.23. The first kappa shape index (κ1) is 10.5. The molecule has 1 atom stereocenters. The molecule has 1 nitrogen and oxygen atoms in total. The van der Waals surface area contributed by atoms with Crippen LogP contribution in [-0.2, 0) is 0 Å². The third kappa shape index (κ3) is 2.98. The molecule has 82 valence electrons. The van der Waals surface area contributed by atoms with Crippen LogP contribution in [0.1, 0.15) is 51.9 Å². The van der Waals surface area contributed by atoms with Crippen LogP contribution in [0.15, 0.2) is 0 Å². The molecule has 1 aliphatic carbocycles. The minimum absolute atomic E-state index is 1.00. The second-order valence-electron chi connectivity index (χ2n) is 5.57. The van der Waals surface area contributed by atoms with E-state index in [1.807, 2.05) is 0 Å². The molecule has 2 fully saturated rings. The quantitative estimate of drug-likeness (QED) is 0.713. The Bertz CT molecular complexity index is 153. The first-order valence-electron chi connectivity index (χ1n) is 6.55. The molecule has 0 aromatic heterocycles. The highest BCUT2D eigenvalue weighted by Crippen LogP contribution is 2.33. The van der Waals surface area contributed by atoms with Gasteiger partial charge in [0.05, 0.1) is 0 Å². The maximum Gasteiger partial charge on any atom is -0.00204 e. The molecule has 0 amide bonds. The van der Waals surface area contributed by atoms with Gasteiger partial charge in [0.2, 0.25) is 0 Å². The molecule has 1 heterocycles. The molecule has 0 unspecified atom stereocenters. The van der Waals surface area contributed by atoms with Gasteiger partial charge < -0.3 is 5.32 Å². The fourth-order valence-electron chi connectivity index (χ4n) is 3.16. The van der Waals surface area contributed by atoms with E-state index < -0.39 is 0 Å². The predicted octanol–water partition coefficient (Wildman–Crippen LogP) is 3.20. The molecule has 2 rings (SSSR count). The summed E-state index contributed by atoms with van der Waals surface area (Å²) in [6, 6.07) is 0. The molecule has 1 heteroatoms. The van der Waals surface area contributed by atoms with Crippen molar-refractivity contribution in [1.82, 2.24) is 5.32 Å². The van der Waals surface area contributed by atoms with Gasteiger partial charge >= 0.3 is 0 Å². The third-order valence-corrected chi connectivity index (χ3v) is 4.20. The lowest BCUT2D eigenvalue weighted by Crippen LogP contribution is -2.31. The summed E-state index contributed by atoms with van der Waals surface area (Å²) in [5, 5.41) is 3.53. The largest absolute Gasteiger partial charge is 0.316 e. The van der Waals surface area contributed by atoms with Gasteiger partial charge in [-0.05, 0) is 50.1 Å². The normalized spacial score (nSPS) is 39.6. The minimum Gasteiger partial charge on any atom is -0.316 e. The molecule has 0 aromatic rings. The van der Waals surface area contributed by atoms with Gasteiger partial charge in [-0.15, -0.1) is 0 Å². The van der Waals surface area contributed by atoms with E-state index in [2.05, 4.69) is 12.2 Å². The molecule has 0 bridgehead atoms. The predicted molar refractivity (Wildman–Crippen MR) is 61.3 cm³/mol. The van der Waals surface area contributed by atoms with Gasteiger partial charge in [-0.3, -0.25) is 0 Å². The van der Waals surface area contributed by atoms with Crippen molar-refractivity contribution in [2.24, 2.45) is 17.8 Å². The molecular formula is C13H25N. The molecule has 2 aliphatic rings. The maximum absolute atomic E-state index is 3.53. The molecule has 1 N–H and O–H groups in total. The van der Waals surface area contributed by atoms with E-state index in [0.717, 1.165) is 17.8 Å². The Labute approximate surface area is 88.7 Å². The molecule has 1 saturated carbocycles. The third-order valence-electron chi connectivity index (χ3n) is 4.20. The molecule has 1 aliphatic heterocycles. The smallest absolute Gasteiger partial charge is 0.00204 e. The lowest BCUT2D eigenvalue weighted by Gasteiger charge is -2.31. The van der Waals surface area contributed by atoms with Crippen LogP contribution in [-0.4, -0.2) is 13.1 Å². The summed E-state index contributed by atoms with van der Waals surface area (Å²) in [5.74, 6) is 3.08. The zero-order valence-corrected chi connectivity index (χ0v) is 9.60. The highest BCUT2D eigenvalue weighted by molar-refractivity contribution is 4.76.